The van der Waals surface area contributed by atoms with E-state index in [1.54, 1.807) is 67.4 Å². The molecule has 0 bridgehead atoms. The third kappa shape index (κ3) is 4.92. The van der Waals surface area contributed by atoms with Crippen LogP contribution in [0, 0.1) is 11.8 Å². The number of hydrogen-bond acceptors (Lipinski definition) is 6. The highest BCUT2D eigenvalue weighted by molar-refractivity contribution is 6.68. The van der Waals surface area contributed by atoms with Gasteiger partial charge in [-0.15, -0.1) is 21.5 Å². The molecule has 1 atom stereocenters. The molecule has 0 saturated carbocycles. The molecule has 45 heavy (non-hydrogen) atoms. The largest absolute Gasteiger partial charge is 0.381 e. The van der Waals surface area contributed by atoms with Crippen LogP contribution in [0.3, 0.4) is 0 Å². The lowest BCUT2D eigenvalue weighted by Gasteiger charge is -2.27. The average molecular weight is 578 g/mol. The first-order chi connectivity index (χ1) is 21.5. The fourth-order valence-electron chi connectivity index (χ4n) is 5.20. The minimum Gasteiger partial charge on any atom is -0.381 e. The summed E-state index contributed by atoms with van der Waals surface area (Å²) in [6.45, 7) is 1.69. The summed E-state index contributed by atoms with van der Waals surface area (Å²) < 4.78 is 4.29. The van der Waals surface area contributed by atoms with E-state index >= 15 is 0 Å². The lowest BCUT2D eigenvalue weighted by atomic mass is 9.61. The van der Waals surface area contributed by atoms with Crippen LogP contribution in [0.25, 0.3) is 22.1 Å². The standard InChI is InChI=1S/C30H19B5N8O2/c1-14(39-29(44)20-27(36)40-42-12-4-10-37-28(20)42)18-13-16-6-3-5-15(7-8-17-9-11-38-41(17)2)19(16)30(45)43(18)26-24(34)22(32)21(31)23(33)25(26)35/h3-6,9-14H,1-2H3,(H2,36,40)(H,39,44)/t14-/m1/s1. The summed E-state index contributed by atoms with van der Waals surface area (Å²) in [4.78, 5) is 32.4. The van der Waals surface area contributed by atoms with Crippen molar-refractivity contribution in [1.82, 2.24) is 34.3 Å². The van der Waals surface area contributed by atoms with Crippen molar-refractivity contribution in [2.45, 2.75) is 13.0 Å². The number of carbonyl (C=O) groups excluding carboxylic acids is 1. The average Bonchev–Trinajstić information content (AvgIpc) is 3.59. The van der Waals surface area contributed by atoms with E-state index in [4.69, 9.17) is 45.0 Å². The zero-order chi connectivity index (χ0) is 32.2. The van der Waals surface area contributed by atoms with Crippen molar-refractivity contribution in [2.24, 2.45) is 7.05 Å². The Balaban J connectivity index is 1.59. The van der Waals surface area contributed by atoms with E-state index in [1.807, 2.05) is 0 Å². The highest BCUT2D eigenvalue weighted by Crippen LogP contribution is 2.23. The van der Waals surface area contributed by atoms with E-state index in [0.717, 1.165) is 0 Å². The van der Waals surface area contributed by atoms with Gasteiger partial charge in [-0.25, -0.2) is 9.50 Å². The van der Waals surface area contributed by atoms with Crippen LogP contribution in [-0.4, -0.2) is 74.1 Å². The van der Waals surface area contributed by atoms with Crippen LogP contribution < -0.4 is 43.9 Å². The summed E-state index contributed by atoms with van der Waals surface area (Å²) in [6.07, 6.45) is 4.77. The maximum atomic E-state index is 14.6. The Morgan fingerprint density at radius 3 is 2.38 bits per heavy atom. The zero-order valence-electron chi connectivity index (χ0n) is 24.2. The fourth-order valence-corrected chi connectivity index (χ4v) is 5.20. The van der Waals surface area contributed by atoms with Gasteiger partial charge in [0.15, 0.2) is 11.5 Å². The molecule has 4 aromatic heterocycles. The second-order valence-electron chi connectivity index (χ2n) is 10.3. The SMILES string of the molecule is [B]c1c([B])c([B])c(-n2c([C@@H](C)NC(=O)c3c(N)nn4cccnc34)cc3cccc(C#Cc4ccnn4C)c3c2=O)c([B])c1[B]. The highest BCUT2D eigenvalue weighted by atomic mass is 16.2. The Morgan fingerprint density at radius 1 is 0.978 bits per heavy atom. The molecule has 6 aromatic rings. The Kier molecular flexibility index (Phi) is 7.45. The second-order valence-corrected chi connectivity index (χ2v) is 10.3. The predicted octanol–water partition coefficient (Wildman–Crippen LogP) is -2.79. The van der Waals surface area contributed by atoms with Crippen LogP contribution in [-0.2, 0) is 7.05 Å². The van der Waals surface area contributed by atoms with Crippen LogP contribution in [0.2, 0.25) is 0 Å². The number of benzene rings is 2. The molecule has 1 amide bonds. The number of aromatic nitrogens is 6. The summed E-state index contributed by atoms with van der Waals surface area (Å²) in [5, 5.41) is 12.0. The van der Waals surface area contributed by atoms with Gasteiger partial charge in [0.05, 0.1) is 17.6 Å². The minimum absolute atomic E-state index is 0.00992. The molecular weight excluding hydrogens is 558 g/mol. The maximum Gasteiger partial charge on any atom is 0.264 e. The molecular formula is C30H19B5N8O2. The molecule has 206 valence electrons. The van der Waals surface area contributed by atoms with Gasteiger partial charge in [-0.1, -0.05) is 29.0 Å². The number of anilines is 1. The van der Waals surface area contributed by atoms with Crippen molar-refractivity contribution >= 4 is 94.7 Å². The van der Waals surface area contributed by atoms with Gasteiger partial charge in [-0.3, -0.25) is 18.8 Å². The number of rotatable bonds is 4. The number of nitrogen functional groups attached to an aromatic ring is 1. The number of carbonyl (C=O) groups is 1. The molecule has 0 saturated heterocycles. The zero-order valence-corrected chi connectivity index (χ0v) is 24.2. The van der Waals surface area contributed by atoms with Gasteiger partial charge in [-0.05, 0) is 42.5 Å². The van der Waals surface area contributed by atoms with E-state index in [1.165, 1.54) is 15.3 Å². The normalized spacial score (nSPS) is 11.8. The number of nitrogens with two attached hydrogens (primary N) is 1. The van der Waals surface area contributed by atoms with E-state index < -0.39 is 17.5 Å². The number of nitrogens with zero attached hydrogens (tertiary/aromatic N) is 6. The van der Waals surface area contributed by atoms with Gasteiger partial charge in [0.25, 0.3) is 11.5 Å². The van der Waals surface area contributed by atoms with E-state index in [2.05, 4.69) is 32.3 Å². The van der Waals surface area contributed by atoms with Gasteiger partial charge in [-0.2, -0.15) is 5.10 Å². The van der Waals surface area contributed by atoms with Crippen molar-refractivity contribution in [3.63, 3.8) is 0 Å². The highest BCUT2D eigenvalue weighted by Gasteiger charge is 2.25. The Morgan fingerprint density at radius 2 is 1.69 bits per heavy atom. The fraction of sp³-hybridized carbons (Fsp3) is 0.100. The molecule has 2 aromatic carbocycles. The number of aryl methyl sites for hydroxylation is 1. The number of nitrogens with one attached hydrogen (secondary N) is 1. The molecule has 10 nitrogen and oxygen atoms in total. The molecule has 0 fully saturated rings. The molecule has 0 aliphatic heterocycles. The van der Waals surface area contributed by atoms with Crippen molar-refractivity contribution in [3.8, 4) is 17.5 Å². The number of fused-ring (bicyclic) bond motifs is 2. The van der Waals surface area contributed by atoms with Crippen LogP contribution in [0.1, 0.15) is 40.3 Å². The quantitative estimate of drug-likeness (QED) is 0.173. The number of amides is 1. The molecule has 3 N–H and O–H groups in total. The van der Waals surface area contributed by atoms with Gasteiger partial charge >= 0.3 is 0 Å². The van der Waals surface area contributed by atoms with Gasteiger partial charge in [0.1, 0.15) is 50.5 Å². The molecule has 0 spiro atoms. The van der Waals surface area contributed by atoms with Crippen molar-refractivity contribution in [2.75, 3.05) is 5.73 Å². The predicted molar refractivity (Wildman–Crippen MR) is 179 cm³/mol. The van der Waals surface area contributed by atoms with Crippen molar-refractivity contribution in [3.05, 3.63) is 87.9 Å². The van der Waals surface area contributed by atoms with Crippen LogP contribution >= 0.6 is 0 Å². The molecule has 0 aliphatic carbocycles. The molecule has 15 heteroatoms. The molecule has 0 unspecified atom stereocenters. The maximum absolute atomic E-state index is 14.6. The number of hydrogen-bond donors (Lipinski definition) is 2. The van der Waals surface area contributed by atoms with Gasteiger partial charge < -0.3 is 11.1 Å². The molecule has 6 rings (SSSR count). The third-order valence-corrected chi connectivity index (χ3v) is 7.56. The summed E-state index contributed by atoms with van der Waals surface area (Å²) in [5.74, 6) is 5.54. The molecule has 4 heterocycles. The topological polar surface area (TPSA) is 125 Å². The first kappa shape index (κ1) is 29.7. The van der Waals surface area contributed by atoms with Crippen molar-refractivity contribution < 1.29 is 4.79 Å². The van der Waals surface area contributed by atoms with E-state index in [9.17, 15) is 9.59 Å². The van der Waals surface area contributed by atoms with Crippen molar-refractivity contribution in [1.29, 1.82) is 0 Å². The van der Waals surface area contributed by atoms with Crippen LogP contribution in [0.4, 0.5) is 5.82 Å². The Bertz CT molecular complexity index is 2290. The summed E-state index contributed by atoms with van der Waals surface area (Å²) in [6, 6.07) is 9.59. The number of pyridine rings is 1. The summed E-state index contributed by atoms with van der Waals surface area (Å²) in [7, 11) is 33.1. The lowest BCUT2D eigenvalue weighted by molar-refractivity contribution is 0.0941. The molecule has 0 aliphatic rings. The summed E-state index contributed by atoms with van der Waals surface area (Å²) >= 11 is 0. The van der Waals surface area contributed by atoms with E-state index in [-0.39, 0.29) is 55.4 Å². The molecule has 10 radical (unpaired) electrons. The Labute approximate surface area is 264 Å². The Hall–Kier alpha value is -5.37. The monoisotopic (exact) mass is 578 g/mol. The van der Waals surface area contributed by atoms with Gasteiger partial charge in [0.2, 0.25) is 0 Å². The first-order valence-corrected chi connectivity index (χ1v) is 13.6. The van der Waals surface area contributed by atoms with E-state index in [0.29, 0.717) is 22.3 Å². The first-order valence-electron chi connectivity index (χ1n) is 13.6. The third-order valence-electron chi connectivity index (χ3n) is 7.56. The van der Waals surface area contributed by atoms with Crippen LogP contribution in [0.5, 0.6) is 0 Å². The van der Waals surface area contributed by atoms with Crippen LogP contribution in [0.15, 0.2) is 59.8 Å². The summed E-state index contributed by atoms with van der Waals surface area (Å²) in [5.41, 5.74) is 7.10. The second kappa shape index (κ2) is 11.3. The van der Waals surface area contributed by atoms with Gasteiger partial charge in [0, 0.05) is 36.4 Å². The minimum atomic E-state index is -0.823. The lowest BCUT2D eigenvalue weighted by Crippen LogP contribution is -2.57. The smallest absolute Gasteiger partial charge is 0.264 e.